The Kier molecular flexibility index (Phi) is 4.21. The summed E-state index contributed by atoms with van der Waals surface area (Å²) in [5, 5.41) is 14.8. The zero-order chi connectivity index (χ0) is 12.3. The number of aliphatic hydroxyl groups excluding tert-OH is 1. The van der Waals surface area contributed by atoms with Gasteiger partial charge in [-0.05, 0) is 37.2 Å². The molecule has 3 nitrogen and oxygen atoms in total. The molecule has 0 aliphatic heterocycles. The van der Waals surface area contributed by atoms with Crippen LogP contribution < -0.4 is 0 Å². The first-order chi connectivity index (χ1) is 8.22. The molecule has 1 aromatic rings. The monoisotopic (exact) mass is 236 g/mol. The third-order valence-electron chi connectivity index (χ3n) is 3.99. The summed E-state index contributed by atoms with van der Waals surface area (Å²) in [6.07, 6.45) is 7.35. The smallest absolute Gasteiger partial charge is 0.0984 e. The number of aromatic nitrogens is 2. The van der Waals surface area contributed by atoms with E-state index in [0.717, 1.165) is 37.4 Å². The zero-order valence-electron chi connectivity index (χ0n) is 11.0. The highest BCUT2D eigenvalue weighted by Gasteiger charge is 2.27. The summed E-state index contributed by atoms with van der Waals surface area (Å²) >= 11 is 0. The number of aliphatic hydroxyl groups is 1. The Morgan fingerprint density at radius 3 is 2.76 bits per heavy atom. The van der Waals surface area contributed by atoms with Crippen molar-refractivity contribution in [3.05, 3.63) is 18.0 Å². The van der Waals surface area contributed by atoms with Crippen molar-refractivity contribution >= 4 is 0 Å². The van der Waals surface area contributed by atoms with Gasteiger partial charge in [0.25, 0.3) is 0 Å². The van der Waals surface area contributed by atoms with Gasteiger partial charge in [-0.2, -0.15) is 5.10 Å². The van der Waals surface area contributed by atoms with Crippen LogP contribution in [-0.4, -0.2) is 14.9 Å². The molecule has 17 heavy (non-hydrogen) atoms. The van der Waals surface area contributed by atoms with Crippen LogP contribution in [0.5, 0.6) is 0 Å². The van der Waals surface area contributed by atoms with E-state index in [4.69, 9.17) is 0 Å². The number of aryl methyl sites for hydroxylation is 1. The van der Waals surface area contributed by atoms with Gasteiger partial charge in [0.2, 0.25) is 0 Å². The van der Waals surface area contributed by atoms with Gasteiger partial charge in [-0.3, -0.25) is 4.68 Å². The molecule has 2 rings (SSSR count). The predicted molar refractivity (Wildman–Crippen MR) is 68.6 cm³/mol. The van der Waals surface area contributed by atoms with Gasteiger partial charge in [0.15, 0.2) is 0 Å². The molecule has 3 heteroatoms. The van der Waals surface area contributed by atoms with Crippen molar-refractivity contribution in [1.82, 2.24) is 9.78 Å². The number of rotatable bonds is 4. The molecule has 1 aliphatic rings. The molecule has 0 saturated heterocycles. The van der Waals surface area contributed by atoms with Crippen LogP contribution in [0.3, 0.4) is 0 Å². The van der Waals surface area contributed by atoms with E-state index in [1.807, 2.05) is 10.7 Å². The van der Waals surface area contributed by atoms with Crippen LogP contribution in [0, 0.1) is 11.8 Å². The molecular weight excluding hydrogens is 212 g/mol. The molecule has 1 atom stereocenters. The van der Waals surface area contributed by atoms with Gasteiger partial charge >= 0.3 is 0 Å². The minimum Gasteiger partial charge on any atom is -0.387 e. The SMILES string of the molecule is CCCn1nccc1C(O)C1CCC(C)CC1. The van der Waals surface area contributed by atoms with Crippen molar-refractivity contribution in [1.29, 1.82) is 0 Å². The molecule has 1 aliphatic carbocycles. The zero-order valence-corrected chi connectivity index (χ0v) is 11.0. The van der Waals surface area contributed by atoms with Gasteiger partial charge in [-0.15, -0.1) is 0 Å². The van der Waals surface area contributed by atoms with Crippen LogP contribution in [0.25, 0.3) is 0 Å². The lowest BCUT2D eigenvalue weighted by atomic mass is 9.79. The standard InChI is InChI=1S/C14H24N2O/c1-3-10-16-13(8-9-15-16)14(17)12-6-4-11(2)5-7-12/h8-9,11-12,14,17H,3-7,10H2,1-2H3. The topological polar surface area (TPSA) is 38.0 Å². The lowest BCUT2D eigenvalue weighted by Gasteiger charge is -2.30. The Balaban J connectivity index is 2.03. The minimum absolute atomic E-state index is 0.323. The maximum Gasteiger partial charge on any atom is 0.0984 e. The van der Waals surface area contributed by atoms with E-state index in [1.54, 1.807) is 6.20 Å². The Bertz CT molecular complexity index is 340. The molecular formula is C14H24N2O. The summed E-state index contributed by atoms with van der Waals surface area (Å²) in [6.45, 7) is 5.35. The van der Waals surface area contributed by atoms with Crippen molar-refractivity contribution in [2.24, 2.45) is 11.8 Å². The third kappa shape index (κ3) is 2.89. The highest BCUT2D eigenvalue weighted by atomic mass is 16.3. The largest absolute Gasteiger partial charge is 0.387 e. The second-order valence-corrected chi connectivity index (χ2v) is 5.44. The fourth-order valence-corrected chi connectivity index (χ4v) is 2.84. The normalized spacial score (nSPS) is 27.0. The second kappa shape index (κ2) is 5.67. The summed E-state index contributed by atoms with van der Waals surface area (Å²) in [5.41, 5.74) is 1.01. The number of hydrogen-bond acceptors (Lipinski definition) is 2. The van der Waals surface area contributed by atoms with Gasteiger partial charge in [0.1, 0.15) is 0 Å². The van der Waals surface area contributed by atoms with Gasteiger partial charge in [-0.1, -0.05) is 26.7 Å². The summed E-state index contributed by atoms with van der Waals surface area (Å²) in [6, 6.07) is 1.97. The Morgan fingerprint density at radius 1 is 1.41 bits per heavy atom. The fraction of sp³-hybridized carbons (Fsp3) is 0.786. The quantitative estimate of drug-likeness (QED) is 0.872. The van der Waals surface area contributed by atoms with Gasteiger partial charge < -0.3 is 5.11 Å². The summed E-state index contributed by atoms with van der Waals surface area (Å²) in [4.78, 5) is 0. The maximum absolute atomic E-state index is 10.5. The average molecular weight is 236 g/mol. The molecule has 1 saturated carbocycles. The van der Waals surface area contributed by atoms with E-state index < -0.39 is 0 Å². The molecule has 1 N–H and O–H groups in total. The molecule has 0 bridgehead atoms. The fourth-order valence-electron chi connectivity index (χ4n) is 2.84. The van der Waals surface area contributed by atoms with Crippen LogP contribution >= 0.6 is 0 Å². The Labute approximate surface area is 104 Å². The van der Waals surface area contributed by atoms with Crippen LogP contribution in [0.2, 0.25) is 0 Å². The molecule has 1 unspecified atom stereocenters. The minimum atomic E-state index is -0.323. The van der Waals surface area contributed by atoms with E-state index >= 15 is 0 Å². The first kappa shape index (κ1) is 12.6. The summed E-state index contributed by atoms with van der Waals surface area (Å²) in [5.74, 6) is 1.26. The molecule has 96 valence electrons. The number of nitrogens with zero attached hydrogens (tertiary/aromatic N) is 2. The van der Waals surface area contributed by atoms with Crippen LogP contribution in [-0.2, 0) is 6.54 Å². The van der Waals surface area contributed by atoms with Crippen molar-refractivity contribution in [2.45, 2.75) is 58.6 Å². The van der Waals surface area contributed by atoms with E-state index in [-0.39, 0.29) is 6.10 Å². The van der Waals surface area contributed by atoms with Crippen LogP contribution in [0.4, 0.5) is 0 Å². The van der Waals surface area contributed by atoms with Crippen LogP contribution in [0.1, 0.15) is 57.7 Å². The first-order valence-electron chi connectivity index (χ1n) is 6.92. The molecule has 1 aromatic heterocycles. The van der Waals surface area contributed by atoms with Gasteiger partial charge in [0.05, 0.1) is 11.8 Å². The van der Waals surface area contributed by atoms with E-state index in [0.29, 0.717) is 5.92 Å². The highest BCUT2D eigenvalue weighted by Crippen LogP contribution is 2.36. The Morgan fingerprint density at radius 2 is 2.12 bits per heavy atom. The predicted octanol–water partition coefficient (Wildman–Crippen LogP) is 3.15. The highest BCUT2D eigenvalue weighted by molar-refractivity contribution is 5.06. The molecule has 0 amide bonds. The Hall–Kier alpha value is -0.830. The van der Waals surface area contributed by atoms with Gasteiger partial charge in [-0.25, -0.2) is 0 Å². The second-order valence-electron chi connectivity index (χ2n) is 5.44. The van der Waals surface area contributed by atoms with E-state index in [2.05, 4.69) is 18.9 Å². The molecule has 0 spiro atoms. The summed E-state index contributed by atoms with van der Waals surface area (Å²) in [7, 11) is 0. The molecule has 1 heterocycles. The summed E-state index contributed by atoms with van der Waals surface area (Å²) < 4.78 is 1.96. The van der Waals surface area contributed by atoms with E-state index in [1.165, 1.54) is 12.8 Å². The van der Waals surface area contributed by atoms with Crippen molar-refractivity contribution in [3.63, 3.8) is 0 Å². The molecule has 0 aromatic carbocycles. The van der Waals surface area contributed by atoms with Crippen molar-refractivity contribution in [2.75, 3.05) is 0 Å². The lowest BCUT2D eigenvalue weighted by molar-refractivity contribution is 0.0680. The first-order valence-corrected chi connectivity index (χ1v) is 6.92. The van der Waals surface area contributed by atoms with Gasteiger partial charge in [0, 0.05) is 12.7 Å². The van der Waals surface area contributed by atoms with Crippen molar-refractivity contribution < 1.29 is 5.11 Å². The van der Waals surface area contributed by atoms with Crippen LogP contribution in [0.15, 0.2) is 12.3 Å². The van der Waals surface area contributed by atoms with E-state index in [9.17, 15) is 5.11 Å². The average Bonchev–Trinajstić information content (AvgIpc) is 2.78. The van der Waals surface area contributed by atoms with Crippen molar-refractivity contribution in [3.8, 4) is 0 Å². The lowest BCUT2D eigenvalue weighted by Crippen LogP contribution is -2.21. The maximum atomic E-state index is 10.5. The third-order valence-corrected chi connectivity index (χ3v) is 3.99. The molecule has 1 fully saturated rings. The molecule has 0 radical (unpaired) electrons. The number of hydrogen-bond donors (Lipinski definition) is 1.